The van der Waals surface area contributed by atoms with E-state index in [1.807, 2.05) is 0 Å². The minimum absolute atomic E-state index is 0.180. The molecule has 25 heavy (non-hydrogen) atoms. The Labute approximate surface area is 145 Å². The summed E-state index contributed by atoms with van der Waals surface area (Å²) in [5, 5.41) is 31.6. The number of hydrogen-bond acceptors (Lipinski definition) is 5. The normalized spacial score (nSPS) is 58.0. The van der Waals surface area contributed by atoms with Crippen molar-refractivity contribution < 1.29 is 29.6 Å². The number of esters is 1. The lowest BCUT2D eigenvalue weighted by molar-refractivity contribution is -0.163. The summed E-state index contributed by atoms with van der Waals surface area (Å²) in [6.07, 6.45) is 4.11. The molecule has 1 aliphatic heterocycles. The van der Waals surface area contributed by atoms with Crippen LogP contribution in [0.25, 0.3) is 0 Å². The standard InChI is InChI=1S/C19H22O6/c1-9-7-17-8-18(9,24)5-3-10(17)19-6-4-11(20)16(2,15(23)25-19)13(19)12(17)14(21)22/h4,6,10-13,20,24H,1,3,5,7-8H2,2H3,(H,21,22)/t10-,11+,12+,13+,16+,17+,18-,19+/m0/s1. The zero-order chi connectivity index (χ0) is 18.0. The van der Waals surface area contributed by atoms with Gasteiger partial charge in [-0.3, -0.25) is 9.59 Å². The van der Waals surface area contributed by atoms with E-state index >= 15 is 0 Å². The van der Waals surface area contributed by atoms with Crippen molar-refractivity contribution in [1.82, 2.24) is 0 Å². The van der Waals surface area contributed by atoms with E-state index in [-0.39, 0.29) is 5.92 Å². The first-order chi connectivity index (χ1) is 11.6. The molecule has 134 valence electrons. The molecule has 6 heteroatoms. The van der Waals surface area contributed by atoms with Crippen LogP contribution in [0.5, 0.6) is 0 Å². The molecule has 0 aromatic rings. The van der Waals surface area contributed by atoms with Gasteiger partial charge in [0.15, 0.2) is 0 Å². The Bertz CT molecular complexity index is 772. The average Bonchev–Trinajstić information content (AvgIpc) is 2.95. The highest BCUT2D eigenvalue weighted by molar-refractivity contribution is 5.86. The molecule has 4 bridgehead atoms. The molecule has 8 atom stereocenters. The summed E-state index contributed by atoms with van der Waals surface area (Å²) < 4.78 is 5.87. The molecule has 0 radical (unpaired) electrons. The molecule has 1 saturated heterocycles. The van der Waals surface area contributed by atoms with Crippen LogP contribution in [0, 0.1) is 28.6 Å². The quantitative estimate of drug-likeness (QED) is 0.484. The van der Waals surface area contributed by atoms with Crippen molar-refractivity contribution in [2.24, 2.45) is 28.6 Å². The van der Waals surface area contributed by atoms with Crippen LogP contribution >= 0.6 is 0 Å². The van der Waals surface area contributed by atoms with Gasteiger partial charge in [0, 0.05) is 11.8 Å². The average molecular weight is 346 g/mol. The van der Waals surface area contributed by atoms with Crippen LogP contribution in [0.2, 0.25) is 0 Å². The van der Waals surface area contributed by atoms with Crippen molar-refractivity contribution in [2.45, 2.75) is 49.9 Å². The number of aliphatic hydroxyl groups excluding tert-OH is 1. The first kappa shape index (κ1) is 15.6. The summed E-state index contributed by atoms with van der Waals surface area (Å²) in [5.41, 5.74) is -3.29. The Balaban J connectivity index is 1.78. The highest BCUT2D eigenvalue weighted by Gasteiger charge is 2.83. The van der Waals surface area contributed by atoms with Crippen LogP contribution in [0.1, 0.15) is 32.6 Å². The summed E-state index contributed by atoms with van der Waals surface area (Å²) >= 11 is 0. The van der Waals surface area contributed by atoms with E-state index in [0.29, 0.717) is 31.3 Å². The number of carboxylic acids is 1. The fourth-order valence-electron chi connectivity index (χ4n) is 7.13. The van der Waals surface area contributed by atoms with Gasteiger partial charge in [0.25, 0.3) is 0 Å². The molecule has 4 fully saturated rings. The van der Waals surface area contributed by atoms with Crippen LogP contribution in [0.3, 0.4) is 0 Å². The molecule has 1 spiro atoms. The summed E-state index contributed by atoms with van der Waals surface area (Å²) in [6.45, 7) is 5.64. The third-order valence-corrected chi connectivity index (χ3v) is 8.12. The molecule has 5 aliphatic rings. The van der Waals surface area contributed by atoms with Gasteiger partial charge in [0.1, 0.15) is 11.0 Å². The fourth-order valence-corrected chi connectivity index (χ4v) is 7.13. The van der Waals surface area contributed by atoms with Gasteiger partial charge in [-0.25, -0.2) is 0 Å². The Morgan fingerprint density at radius 2 is 2.16 bits per heavy atom. The maximum Gasteiger partial charge on any atom is 0.316 e. The molecule has 6 nitrogen and oxygen atoms in total. The van der Waals surface area contributed by atoms with Crippen molar-refractivity contribution in [3.8, 4) is 0 Å². The van der Waals surface area contributed by atoms with Gasteiger partial charge in [-0.05, 0) is 49.7 Å². The van der Waals surface area contributed by atoms with Gasteiger partial charge in [-0.15, -0.1) is 0 Å². The lowest BCUT2D eigenvalue weighted by Crippen LogP contribution is -2.50. The molecular weight excluding hydrogens is 324 g/mol. The van der Waals surface area contributed by atoms with Gasteiger partial charge >= 0.3 is 11.9 Å². The molecule has 0 aromatic carbocycles. The Kier molecular flexibility index (Phi) is 2.50. The number of ether oxygens (including phenoxy) is 1. The first-order valence-electron chi connectivity index (χ1n) is 8.86. The van der Waals surface area contributed by atoms with Crippen molar-refractivity contribution in [3.05, 3.63) is 24.3 Å². The lowest BCUT2D eigenvalue weighted by Gasteiger charge is -2.44. The Morgan fingerprint density at radius 1 is 1.44 bits per heavy atom. The third-order valence-electron chi connectivity index (χ3n) is 8.12. The first-order valence-corrected chi connectivity index (χ1v) is 8.86. The summed E-state index contributed by atoms with van der Waals surface area (Å²) in [6, 6.07) is 0. The van der Waals surface area contributed by atoms with Crippen LogP contribution in [0.15, 0.2) is 24.3 Å². The lowest BCUT2D eigenvalue weighted by atomic mass is 9.61. The molecule has 3 N–H and O–H groups in total. The molecule has 3 saturated carbocycles. The van der Waals surface area contributed by atoms with Crippen LogP contribution < -0.4 is 0 Å². The van der Waals surface area contributed by atoms with Gasteiger partial charge in [-0.2, -0.15) is 0 Å². The molecule has 0 aromatic heterocycles. The summed E-state index contributed by atoms with van der Waals surface area (Å²) in [4.78, 5) is 25.1. The number of carboxylic acid groups (broad SMARTS) is 1. The molecule has 1 heterocycles. The van der Waals surface area contributed by atoms with Crippen molar-refractivity contribution in [1.29, 1.82) is 0 Å². The fraction of sp³-hybridized carbons (Fsp3) is 0.684. The molecule has 0 unspecified atom stereocenters. The van der Waals surface area contributed by atoms with Gasteiger partial charge < -0.3 is 20.1 Å². The predicted octanol–water partition coefficient (Wildman–Crippen LogP) is 1.03. The van der Waals surface area contributed by atoms with Crippen LogP contribution in [-0.4, -0.2) is 44.6 Å². The van der Waals surface area contributed by atoms with Crippen molar-refractivity contribution in [2.75, 3.05) is 0 Å². The molecular formula is C19H22O6. The van der Waals surface area contributed by atoms with Crippen LogP contribution in [-0.2, 0) is 14.3 Å². The largest absolute Gasteiger partial charge is 0.481 e. The number of hydrogen-bond donors (Lipinski definition) is 3. The zero-order valence-corrected chi connectivity index (χ0v) is 14.1. The zero-order valence-electron chi connectivity index (χ0n) is 14.1. The Morgan fingerprint density at radius 3 is 2.84 bits per heavy atom. The van der Waals surface area contributed by atoms with E-state index in [0.717, 1.165) is 0 Å². The number of rotatable bonds is 1. The monoisotopic (exact) mass is 346 g/mol. The second kappa shape index (κ2) is 4.01. The molecule has 0 amide bonds. The smallest absolute Gasteiger partial charge is 0.316 e. The number of carbonyl (C=O) groups is 2. The molecule has 5 rings (SSSR count). The topological polar surface area (TPSA) is 104 Å². The van der Waals surface area contributed by atoms with E-state index in [9.17, 15) is 24.9 Å². The highest BCUT2D eigenvalue weighted by atomic mass is 16.6. The van der Waals surface area contributed by atoms with E-state index in [2.05, 4.69) is 6.58 Å². The second-order valence-corrected chi connectivity index (χ2v) is 8.94. The van der Waals surface area contributed by atoms with E-state index in [1.54, 1.807) is 19.1 Å². The van der Waals surface area contributed by atoms with E-state index in [4.69, 9.17) is 4.74 Å². The number of fused-ring (bicyclic) bond motifs is 1. The summed E-state index contributed by atoms with van der Waals surface area (Å²) in [5.74, 6) is -3.18. The maximum absolute atomic E-state index is 12.7. The van der Waals surface area contributed by atoms with Crippen molar-refractivity contribution in [3.63, 3.8) is 0 Å². The SMILES string of the molecule is C=C1C[C@@]23C[C@@]1(O)CC[C@@H]2[C@@]12C=C[C@@H](O)[C@@](C)(C(=O)O1)[C@H]2[C@@H]3C(=O)O. The minimum Gasteiger partial charge on any atom is -0.481 e. The second-order valence-electron chi connectivity index (χ2n) is 8.94. The highest BCUT2D eigenvalue weighted by Crippen LogP contribution is 2.77. The number of aliphatic hydroxyl groups is 2. The predicted molar refractivity (Wildman–Crippen MR) is 85.2 cm³/mol. The molecule has 4 aliphatic carbocycles. The number of carbonyl (C=O) groups excluding carboxylic acids is 1. The summed E-state index contributed by atoms with van der Waals surface area (Å²) in [7, 11) is 0. The van der Waals surface area contributed by atoms with Gasteiger partial charge in [0.2, 0.25) is 0 Å². The maximum atomic E-state index is 12.7. The van der Waals surface area contributed by atoms with E-state index in [1.165, 1.54) is 0 Å². The van der Waals surface area contributed by atoms with Gasteiger partial charge in [0.05, 0.1) is 17.6 Å². The van der Waals surface area contributed by atoms with E-state index < -0.39 is 51.9 Å². The Hall–Kier alpha value is -1.66. The van der Waals surface area contributed by atoms with Gasteiger partial charge in [-0.1, -0.05) is 12.7 Å². The number of aliphatic carboxylic acids is 1. The third kappa shape index (κ3) is 1.36. The minimum atomic E-state index is -1.27. The van der Waals surface area contributed by atoms with Crippen LogP contribution in [0.4, 0.5) is 0 Å². The van der Waals surface area contributed by atoms with Crippen molar-refractivity contribution >= 4 is 11.9 Å².